The summed E-state index contributed by atoms with van der Waals surface area (Å²) in [6, 6.07) is 26.4. The summed E-state index contributed by atoms with van der Waals surface area (Å²) in [7, 11) is 0. The van der Waals surface area contributed by atoms with Gasteiger partial charge in [-0.2, -0.15) is 0 Å². The normalized spacial score (nSPS) is 11.0. The number of allylic oxidation sites excluding steroid dienone is 2. The molecule has 0 saturated carbocycles. The summed E-state index contributed by atoms with van der Waals surface area (Å²) in [5, 5.41) is 3.42. The first-order chi connectivity index (χ1) is 13.5. The van der Waals surface area contributed by atoms with Crippen LogP contribution in [0, 0.1) is 13.8 Å². The van der Waals surface area contributed by atoms with Crippen molar-refractivity contribution in [1.29, 1.82) is 0 Å². The molecule has 3 aromatic carbocycles. The lowest BCUT2D eigenvalue weighted by atomic mass is 9.96. The van der Waals surface area contributed by atoms with Crippen LogP contribution < -0.4 is 5.32 Å². The van der Waals surface area contributed by atoms with Gasteiger partial charge in [-0.15, -0.1) is 0 Å². The second kappa shape index (κ2) is 9.23. The molecule has 0 aliphatic carbocycles. The van der Waals surface area contributed by atoms with E-state index in [1.807, 2.05) is 0 Å². The van der Waals surface area contributed by atoms with E-state index in [1.165, 1.54) is 33.4 Å². The molecule has 3 rings (SSSR count). The molecule has 28 heavy (non-hydrogen) atoms. The Morgan fingerprint density at radius 3 is 1.68 bits per heavy atom. The van der Waals surface area contributed by atoms with Gasteiger partial charge in [-0.1, -0.05) is 90.0 Å². The maximum atomic E-state index is 3.42. The quantitative estimate of drug-likeness (QED) is 0.452. The van der Waals surface area contributed by atoms with Gasteiger partial charge in [-0.05, 0) is 62.1 Å². The molecule has 1 nitrogen and oxygen atoms in total. The van der Waals surface area contributed by atoms with Gasteiger partial charge >= 0.3 is 0 Å². The second-order valence-electron chi connectivity index (χ2n) is 7.59. The molecule has 0 radical (unpaired) electrons. The fourth-order valence-corrected chi connectivity index (χ4v) is 3.10. The molecule has 0 unspecified atom stereocenters. The minimum Gasteiger partial charge on any atom is -0.383 e. The maximum absolute atomic E-state index is 3.42. The van der Waals surface area contributed by atoms with Crippen LogP contribution in [0.5, 0.6) is 0 Å². The third-order valence-electron chi connectivity index (χ3n) is 4.64. The second-order valence-corrected chi connectivity index (χ2v) is 7.59. The predicted molar refractivity (Wildman–Crippen MR) is 124 cm³/mol. The smallest absolute Gasteiger partial charge is 0.0342 e. The molecule has 3 aromatic rings. The first kappa shape index (κ1) is 19.7. The van der Waals surface area contributed by atoms with E-state index >= 15 is 0 Å². The SMILES string of the molecule is Cc1ccc(C(=C/C=C/c2ccc(NC(C)C)cc2)c2ccc(C)cc2)cc1. The van der Waals surface area contributed by atoms with E-state index < -0.39 is 0 Å². The number of hydrogen-bond acceptors (Lipinski definition) is 1. The summed E-state index contributed by atoms with van der Waals surface area (Å²) in [6.45, 7) is 8.54. The van der Waals surface area contributed by atoms with Crippen molar-refractivity contribution in [3.63, 3.8) is 0 Å². The van der Waals surface area contributed by atoms with E-state index in [-0.39, 0.29) is 0 Å². The van der Waals surface area contributed by atoms with Crippen LogP contribution in [0.3, 0.4) is 0 Å². The van der Waals surface area contributed by atoms with Crippen molar-refractivity contribution in [3.05, 3.63) is 113 Å². The summed E-state index contributed by atoms with van der Waals surface area (Å²) in [4.78, 5) is 0. The average molecular weight is 368 g/mol. The lowest BCUT2D eigenvalue weighted by molar-refractivity contribution is 0.900. The Balaban J connectivity index is 1.87. The fraction of sp³-hybridized carbons (Fsp3) is 0.185. The van der Waals surface area contributed by atoms with E-state index in [4.69, 9.17) is 0 Å². The summed E-state index contributed by atoms with van der Waals surface area (Å²) in [5.41, 5.74) is 8.59. The topological polar surface area (TPSA) is 12.0 Å². The summed E-state index contributed by atoms with van der Waals surface area (Å²) >= 11 is 0. The maximum Gasteiger partial charge on any atom is 0.0342 e. The zero-order chi connectivity index (χ0) is 19.9. The molecule has 0 atom stereocenters. The van der Waals surface area contributed by atoms with Crippen molar-refractivity contribution in [2.24, 2.45) is 0 Å². The fourth-order valence-electron chi connectivity index (χ4n) is 3.10. The molecule has 1 N–H and O–H groups in total. The van der Waals surface area contributed by atoms with E-state index in [2.05, 4.69) is 124 Å². The molecule has 0 amide bonds. The Labute approximate surface area is 169 Å². The first-order valence-corrected chi connectivity index (χ1v) is 9.90. The van der Waals surface area contributed by atoms with Crippen LogP contribution in [0.1, 0.15) is 41.7 Å². The van der Waals surface area contributed by atoms with Crippen molar-refractivity contribution in [3.8, 4) is 0 Å². The number of anilines is 1. The van der Waals surface area contributed by atoms with Crippen LogP contribution in [-0.4, -0.2) is 6.04 Å². The Bertz CT molecular complexity index is 893. The largest absolute Gasteiger partial charge is 0.383 e. The highest BCUT2D eigenvalue weighted by Crippen LogP contribution is 2.24. The standard InChI is InChI=1S/C27H29N/c1-20(2)28-26-18-12-23(13-19-26)6-5-7-27(24-14-8-21(3)9-15-24)25-16-10-22(4)11-17-25/h5-20,28H,1-4H3/b6-5+. The van der Waals surface area contributed by atoms with E-state index in [0.29, 0.717) is 6.04 Å². The van der Waals surface area contributed by atoms with Crippen molar-refractivity contribution in [2.75, 3.05) is 5.32 Å². The molecule has 142 valence electrons. The van der Waals surface area contributed by atoms with Crippen molar-refractivity contribution in [1.82, 2.24) is 0 Å². The minimum atomic E-state index is 0.441. The number of benzene rings is 3. The monoisotopic (exact) mass is 367 g/mol. The van der Waals surface area contributed by atoms with E-state index in [9.17, 15) is 0 Å². The van der Waals surface area contributed by atoms with Gasteiger partial charge in [0.15, 0.2) is 0 Å². The van der Waals surface area contributed by atoms with Gasteiger partial charge in [-0.25, -0.2) is 0 Å². The summed E-state index contributed by atoms with van der Waals surface area (Å²) < 4.78 is 0. The van der Waals surface area contributed by atoms with Crippen LogP contribution in [0.2, 0.25) is 0 Å². The third kappa shape index (κ3) is 5.47. The van der Waals surface area contributed by atoms with Gasteiger partial charge in [0.05, 0.1) is 0 Å². The Kier molecular flexibility index (Phi) is 6.49. The number of nitrogens with one attached hydrogen (secondary N) is 1. The molecule has 0 saturated heterocycles. The zero-order valence-corrected chi connectivity index (χ0v) is 17.2. The first-order valence-electron chi connectivity index (χ1n) is 9.90. The molecule has 0 fully saturated rings. The van der Waals surface area contributed by atoms with E-state index in [0.717, 1.165) is 5.69 Å². The van der Waals surface area contributed by atoms with Crippen molar-refractivity contribution < 1.29 is 0 Å². The summed E-state index contributed by atoms with van der Waals surface area (Å²) in [6.07, 6.45) is 6.50. The molecular formula is C27H29N. The molecule has 0 aromatic heterocycles. The van der Waals surface area contributed by atoms with Crippen LogP contribution >= 0.6 is 0 Å². The summed E-state index contributed by atoms with van der Waals surface area (Å²) in [5.74, 6) is 0. The highest BCUT2D eigenvalue weighted by molar-refractivity contribution is 5.81. The van der Waals surface area contributed by atoms with Gasteiger partial charge in [0, 0.05) is 11.7 Å². The predicted octanol–water partition coefficient (Wildman–Crippen LogP) is 7.27. The zero-order valence-electron chi connectivity index (χ0n) is 17.2. The number of rotatable bonds is 6. The van der Waals surface area contributed by atoms with Gasteiger partial charge in [0.25, 0.3) is 0 Å². The molecule has 0 heterocycles. The average Bonchev–Trinajstić information content (AvgIpc) is 2.68. The molecular weight excluding hydrogens is 338 g/mol. The van der Waals surface area contributed by atoms with Crippen molar-refractivity contribution >= 4 is 17.3 Å². The van der Waals surface area contributed by atoms with Crippen LogP contribution in [-0.2, 0) is 0 Å². The lowest BCUT2D eigenvalue weighted by Crippen LogP contribution is -2.09. The molecule has 0 bridgehead atoms. The van der Waals surface area contributed by atoms with Crippen LogP contribution in [0.25, 0.3) is 11.6 Å². The minimum absolute atomic E-state index is 0.441. The van der Waals surface area contributed by atoms with Gasteiger partial charge in [-0.3, -0.25) is 0 Å². The molecule has 1 heteroatoms. The van der Waals surface area contributed by atoms with Crippen LogP contribution in [0.15, 0.2) is 84.9 Å². The Hall–Kier alpha value is -3.06. The third-order valence-corrected chi connectivity index (χ3v) is 4.64. The van der Waals surface area contributed by atoms with E-state index in [1.54, 1.807) is 0 Å². The highest BCUT2D eigenvalue weighted by Gasteiger charge is 2.04. The van der Waals surface area contributed by atoms with Gasteiger partial charge in [0.2, 0.25) is 0 Å². The van der Waals surface area contributed by atoms with Crippen molar-refractivity contribution in [2.45, 2.75) is 33.7 Å². The van der Waals surface area contributed by atoms with Gasteiger partial charge < -0.3 is 5.32 Å². The Morgan fingerprint density at radius 2 is 1.21 bits per heavy atom. The molecule has 0 aliphatic rings. The Morgan fingerprint density at radius 1 is 0.714 bits per heavy atom. The molecule has 0 aliphatic heterocycles. The molecule has 0 spiro atoms. The highest BCUT2D eigenvalue weighted by atomic mass is 14.9. The lowest BCUT2D eigenvalue weighted by Gasteiger charge is -2.10. The van der Waals surface area contributed by atoms with Crippen LogP contribution in [0.4, 0.5) is 5.69 Å². The number of aryl methyl sites for hydroxylation is 2. The van der Waals surface area contributed by atoms with Gasteiger partial charge in [0.1, 0.15) is 0 Å². The number of hydrogen-bond donors (Lipinski definition) is 1.